The van der Waals surface area contributed by atoms with Gasteiger partial charge >= 0.3 is 0 Å². The van der Waals surface area contributed by atoms with E-state index in [0.29, 0.717) is 12.6 Å². The number of rotatable bonds is 3. The highest BCUT2D eigenvalue weighted by Gasteiger charge is 2.28. The van der Waals surface area contributed by atoms with Crippen LogP contribution in [-0.2, 0) is 11.3 Å². The molecule has 1 heterocycles. The number of nitrogens with two attached hydrogens (primary N) is 1. The first kappa shape index (κ1) is 12.3. The molecule has 1 aliphatic rings. The molecule has 2 unspecified atom stereocenters. The van der Waals surface area contributed by atoms with Crippen LogP contribution in [0.5, 0.6) is 0 Å². The van der Waals surface area contributed by atoms with E-state index in [1.807, 2.05) is 13.1 Å². The average Bonchev–Trinajstić information content (AvgIpc) is 2.73. The van der Waals surface area contributed by atoms with Crippen molar-refractivity contribution in [2.75, 3.05) is 18.6 Å². The van der Waals surface area contributed by atoms with E-state index in [1.54, 1.807) is 6.07 Å². The topological polar surface area (TPSA) is 38.5 Å². The van der Waals surface area contributed by atoms with Gasteiger partial charge in [-0.3, -0.25) is 0 Å². The molecule has 0 bridgehead atoms. The molecule has 0 radical (unpaired) electrons. The third-order valence-corrected chi connectivity index (χ3v) is 3.42. The van der Waals surface area contributed by atoms with Crippen molar-refractivity contribution in [3.63, 3.8) is 0 Å². The molecule has 0 aliphatic carbocycles. The largest absolute Gasteiger partial charge is 0.376 e. The van der Waals surface area contributed by atoms with Gasteiger partial charge in [0.2, 0.25) is 0 Å². The van der Waals surface area contributed by atoms with E-state index in [4.69, 9.17) is 10.5 Å². The van der Waals surface area contributed by atoms with Crippen LogP contribution in [0.3, 0.4) is 0 Å². The second-order valence-electron chi connectivity index (χ2n) is 4.56. The molecule has 0 saturated carbocycles. The SMILES string of the molecule is CC1OCCC1N(C)c1cc(F)cc(CN)c1. The summed E-state index contributed by atoms with van der Waals surface area (Å²) in [7, 11) is 1.98. The Balaban J connectivity index is 2.23. The fraction of sp³-hybridized carbons (Fsp3) is 0.538. The zero-order valence-corrected chi connectivity index (χ0v) is 10.3. The Hall–Kier alpha value is -1.13. The van der Waals surface area contributed by atoms with Gasteiger partial charge in [-0.05, 0) is 37.1 Å². The highest BCUT2D eigenvalue weighted by atomic mass is 19.1. The first-order valence-corrected chi connectivity index (χ1v) is 5.96. The lowest BCUT2D eigenvalue weighted by molar-refractivity contribution is 0.118. The van der Waals surface area contributed by atoms with Gasteiger partial charge in [0.15, 0.2) is 0 Å². The summed E-state index contributed by atoms with van der Waals surface area (Å²) in [5, 5.41) is 0. The lowest BCUT2D eigenvalue weighted by Gasteiger charge is -2.29. The molecule has 1 aromatic rings. The van der Waals surface area contributed by atoms with E-state index in [-0.39, 0.29) is 11.9 Å². The highest BCUT2D eigenvalue weighted by molar-refractivity contribution is 5.49. The number of hydrogen-bond acceptors (Lipinski definition) is 3. The fourth-order valence-electron chi connectivity index (χ4n) is 2.38. The molecule has 0 amide bonds. The van der Waals surface area contributed by atoms with Crippen molar-refractivity contribution in [1.29, 1.82) is 0 Å². The Kier molecular flexibility index (Phi) is 3.64. The first-order valence-electron chi connectivity index (χ1n) is 5.96. The van der Waals surface area contributed by atoms with E-state index in [2.05, 4.69) is 11.8 Å². The maximum absolute atomic E-state index is 13.4. The average molecular weight is 238 g/mol. The Morgan fingerprint density at radius 2 is 2.24 bits per heavy atom. The molecule has 1 aliphatic heterocycles. The predicted octanol–water partition coefficient (Wildman–Crippen LogP) is 1.90. The monoisotopic (exact) mass is 238 g/mol. The van der Waals surface area contributed by atoms with Crippen molar-refractivity contribution in [2.24, 2.45) is 5.73 Å². The third-order valence-electron chi connectivity index (χ3n) is 3.42. The molecular formula is C13H19FN2O. The van der Waals surface area contributed by atoms with Crippen LogP contribution in [0.25, 0.3) is 0 Å². The standard InChI is InChI=1S/C13H19FN2O/c1-9-13(3-4-17-9)16(2)12-6-10(8-15)5-11(14)7-12/h5-7,9,13H,3-4,8,15H2,1-2H3. The summed E-state index contributed by atoms with van der Waals surface area (Å²) >= 11 is 0. The van der Waals surface area contributed by atoms with Crippen LogP contribution < -0.4 is 10.6 Å². The summed E-state index contributed by atoms with van der Waals surface area (Å²) in [5.74, 6) is -0.235. The maximum Gasteiger partial charge on any atom is 0.125 e. The van der Waals surface area contributed by atoms with E-state index in [1.165, 1.54) is 6.07 Å². The number of nitrogens with zero attached hydrogens (tertiary/aromatic N) is 1. The number of halogens is 1. The Bertz CT molecular complexity index is 397. The number of benzene rings is 1. The van der Waals surface area contributed by atoms with Gasteiger partial charge < -0.3 is 15.4 Å². The Morgan fingerprint density at radius 1 is 1.47 bits per heavy atom. The lowest BCUT2D eigenvalue weighted by Crippen LogP contribution is -2.36. The van der Waals surface area contributed by atoms with E-state index in [0.717, 1.165) is 24.3 Å². The van der Waals surface area contributed by atoms with Crippen LogP contribution in [0.15, 0.2) is 18.2 Å². The summed E-state index contributed by atoms with van der Waals surface area (Å²) in [6, 6.07) is 5.27. The molecule has 0 spiro atoms. The molecular weight excluding hydrogens is 219 g/mol. The van der Waals surface area contributed by atoms with Crippen LogP contribution in [0.4, 0.5) is 10.1 Å². The van der Waals surface area contributed by atoms with Gasteiger partial charge in [-0.15, -0.1) is 0 Å². The molecule has 3 nitrogen and oxygen atoms in total. The van der Waals surface area contributed by atoms with E-state index >= 15 is 0 Å². The van der Waals surface area contributed by atoms with Crippen molar-refractivity contribution < 1.29 is 9.13 Å². The number of anilines is 1. The van der Waals surface area contributed by atoms with Gasteiger partial charge in [0.1, 0.15) is 5.82 Å². The van der Waals surface area contributed by atoms with Crippen LogP contribution in [0.1, 0.15) is 18.9 Å². The quantitative estimate of drug-likeness (QED) is 0.874. The van der Waals surface area contributed by atoms with Crippen molar-refractivity contribution in [3.8, 4) is 0 Å². The van der Waals surface area contributed by atoms with Gasteiger partial charge in [-0.1, -0.05) is 0 Å². The second kappa shape index (κ2) is 5.02. The molecule has 1 saturated heterocycles. The molecule has 0 aromatic heterocycles. The smallest absolute Gasteiger partial charge is 0.125 e. The number of likely N-dealkylation sites (N-methyl/N-ethyl adjacent to an activating group) is 1. The van der Waals surface area contributed by atoms with Crippen LogP contribution in [0, 0.1) is 5.82 Å². The third kappa shape index (κ3) is 2.58. The molecule has 1 fully saturated rings. The fourth-order valence-corrected chi connectivity index (χ4v) is 2.38. The Labute approximate surface area is 101 Å². The number of hydrogen-bond donors (Lipinski definition) is 1. The van der Waals surface area contributed by atoms with E-state index in [9.17, 15) is 4.39 Å². The van der Waals surface area contributed by atoms with Gasteiger partial charge in [0, 0.05) is 25.9 Å². The normalized spacial score (nSPS) is 24.0. The zero-order valence-electron chi connectivity index (χ0n) is 10.3. The highest BCUT2D eigenvalue weighted by Crippen LogP contribution is 2.25. The Morgan fingerprint density at radius 3 is 2.82 bits per heavy atom. The summed E-state index contributed by atoms with van der Waals surface area (Å²) < 4.78 is 19.0. The van der Waals surface area contributed by atoms with E-state index < -0.39 is 0 Å². The summed E-state index contributed by atoms with van der Waals surface area (Å²) in [6.45, 7) is 3.18. The summed E-state index contributed by atoms with van der Waals surface area (Å²) in [6.07, 6.45) is 1.16. The predicted molar refractivity (Wildman–Crippen MR) is 66.5 cm³/mol. The minimum absolute atomic E-state index is 0.185. The summed E-state index contributed by atoms with van der Waals surface area (Å²) in [4.78, 5) is 2.08. The van der Waals surface area contributed by atoms with Crippen molar-refractivity contribution >= 4 is 5.69 Å². The molecule has 2 atom stereocenters. The van der Waals surface area contributed by atoms with Crippen LogP contribution in [-0.4, -0.2) is 25.8 Å². The minimum Gasteiger partial charge on any atom is -0.376 e. The second-order valence-corrected chi connectivity index (χ2v) is 4.56. The van der Waals surface area contributed by atoms with Gasteiger partial charge in [-0.25, -0.2) is 4.39 Å². The molecule has 2 rings (SSSR count). The van der Waals surface area contributed by atoms with Gasteiger partial charge in [0.25, 0.3) is 0 Å². The molecule has 2 N–H and O–H groups in total. The van der Waals surface area contributed by atoms with Gasteiger partial charge in [-0.2, -0.15) is 0 Å². The molecule has 94 valence electrons. The van der Waals surface area contributed by atoms with Crippen LogP contribution in [0.2, 0.25) is 0 Å². The van der Waals surface area contributed by atoms with Crippen molar-refractivity contribution in [2.45, 2.75) is 32.0 Å². The first-order chi connectivity index (χ1) is 8.11. The zero-order chi connectivity index (χ0) is 12.4. The lowest BCUT2D eigenvalue weighted by atomic mass is 10.1. The van der Waals surface area contributed by atoms with Crippen molar-refractivity contribution in [1.82, 2.24) is 0 Å². The van der Waals surface area contributed by atoms with Crippen LogP contribution >= 0.6 is 0 Å². The maximum atomic E-state index is 13.4. The summed E-state index contributed by atoms with van der Waals surface area (Å²) in [5.41, 5.74) is 7.24. The van der Waals surface area contributed by atoms with Crippen molar-refractivity contribution in [3.05, 3.63) is 29.6 Å². The molecule has 1 aromatic carbocycles. The molecule has 4 heteroatoms. The molecule has 17 heavy (non-hydrogen) atoms. The number of ether oxygens (including phenoxy) is 1. The minimum atomic E-state index is -0.235. The van der Waals surface area contributed by atoms with Gasteiger partial charge in [0.05, 0.1) is 12.1 Å².